The van der Waals surface area contributed by atoms with Crippen LogP contribution >= 0.6 is 0 Å². The first kappa shape index (κ1) is 15.5. The lowest BCUT2D eigenvalue weighted by atomic mass is 10.1. The Hall–Kier alpha value is -1.85. The molecule has 1 saturated heterocycles. The highest BCUT2D eigenvalue weighted by atomic mass is 16.2. The second kappa shape index (κ2) is 7.24. The molecular weight excluding hydrogens is 266 g/mol. The highest BCUT2D eigenvalue weighted by molar-refractivity contribution is 5.84. The van der Waals surface area contributed by atoms with Gasteiger partial charge in [-0.2, -0.15) is 0 Å². The quantitative estimate of drug-likeness (QED) is 0.864. The van der Waals surface area contributed by atoms with E-state index in [9.17, 15) is 4.79 Å². The van der Waals surface area contributed by atoms with Gasteiger partial charge in [-0.1, -0.05) is 6.92 Å². The first-order chi connectivity index (χ1) is 10.1. The molecule has 2 rings (SSSR count). The van der Waals surface area contributed by atoms with E-state index in [0.717, 1.165) is 44.6 Å². The Morgan fingerprint density at radius 1 is 1.38 bits per heavy atom. The Labute approximate surface area is 126 Å². The number of hydrogen-bond donors (Lipinski definition) is 2. The van der Waals surface area contributed by atoms with Crippen molar-refractivity contribution in [1.82, 2.24) is 14.9 Å². The zero-order chi connectivity index (χ0) is 15.2. The molecule has 1 aromatic rings. The number of aryl methyl sites for hydroxylation is 1. The van der Waals surface area contributed by atoms with E-state index < -0.39 is 0 Å². The molecule has 1 aliphatic rings. The van der Waals surface area contributed by atoms with Gasteiger partial charge < -0.3 is 16.0 Å². The van der Waals surface area contributed by atoms with Crippen molar-refractivity contribution in [3.05, 3.63) is 11.9 Å². The number of carbonyl (C=O) groups excluding carboxylic acids is 1. The molecule has 116 valence electrons. The largest absolute Gasteiger partial charge is 0.384 e. The minimum absolute atomic E-state index is 0.129. The number of amides is 1. The number of nitrogens with two attached hydrogens (primary N) is 1. The van der Waals surface area contributed by atoms with Crippen LogP contribution in [0.15, 0.2) is 6.07 Å². The first-order valence-electron chi connectivity index (χ1n) is 7.79. The molecule has 0 radical (unpaired) electrons. The van der Waals surface area contributed by atoms with Crippen molar-refractivity contribution >= 4 is 17.5 Å². The molecule has 3 N–H and O–H groups in total. The number of carbonyl (C=O) groups is 1. The summed E-state index contributed by atoms with van der Waals surface area (Å²) in [5, 5.41) is 3.16. The number of piperidine rings is 1. The fourth-order valence-electron chi connectivity index (χ4n) is 2.60. The zero-order valence-corrected chi connectivity index (χ0v) is 12.9. The van der Waals surface area contributed by atoms with Crippen LogP contribution in [0.5, 0.6) is 0 Å². The van der Waals surface area contributed by atoms with Gasteiger partial charge >= 0.3 is 0 Å². The van der Waals surface area contributed by atoms with Crippen LogP contribution in [0.2, 0.25) is 0 Å². The van der Waals surface area contributed by atoms with Gasteiger partial charge in [0.1, 0.15) is 23.5 Å². The minimum Gasteiger partial charge on any atom is -0.384 e. The van der Waals surface area contributed by atoms with Crippen molar-refractivity contribution in [2.24, 2.45) is 0 Å². The number of likely N-dealkylation sites (tertiary alicyclic amines) is 1. The van der Waals surface area contributed by atoms with Crippen LogP contribution in [-0.2, 0) is 11.2 Å². The summed E-state index contributed by atoms with van der Waals surface area (Å²) in [4.78, 5) is 22.9. The lowest BCUT2D eigenvalue weighted by Gasteiger charge is -2.29. The summed E-state index contributed by atoms with van der Waals surface area (Å²) in [5.74, 6) is 1.92. The van der Waals surface area contributed by atoms with E-state index in [0.29, 0.717) is 11.6 Å². The molecular formula is C15H25N5O. The Morgan fingerprint density at radius 3 is 2.76 bits per heavy atom. The second-order valence-corrected chi connectivity index (χ2v) is 5.60. The number of nitrogen functional groups attached to an aromatic ring is 1. The van der Waals surface area contributed by atoms with E-state index in [1.165, 1.54) is 6.42 Å². The van der Waals surface area contributed by atoms with Gasteiger partial charge in [0, 0.05) is 25.6 Å². The maximum absolute atomic E-state index is 12.4. The number of anilines is 2. The molecule has 1 fully saturated rings. The van der Waals surface area contributed by atoms with Crippen molar-refractivity contribution in [3.8, 4) is 0 Å². The third-order valence-electron chi connectivity index (χ3n) is 3.67. The summed E-state index contributed by atoms with van der Waals surface area (Å²) in [6.07, 6.45) is 5.16. The number of rotatable bonds is 5. The summed E-state index contributed by atoms with van der Waals surface area (Å²) in [6, 6.07) is 1.38. The predicted molar refractivity (Wildman–Crippen MR) is 84.0 cm³/mol. The van der Waals surface area contributed by atoms with Gasteiger partial charge in [-0.3, -0.25) is 4.79 Å². The fourth-order valence-corrected chi connectivity index (χ4v) is 2.60. The third kappa shape index (κ3) is 4.31. The van der Waals surface area contributed by atoms with E-state index in [2.05, 4.69) is 22.2 Å². The number of nitrogens with zero attached hydrogens (tertiary/aromatic N) is 3. The summed E-state index contributed by atoms with van der Waals surface area (Å²) in [6.45, 7) is 5.66. The van der Waals surface area contributed by atoms with Gasteiger partial charge in [-0.05, 0) is 32.6 Å². The van der Waals surface area contributed by atoms with Gasteiger partial charge in [-0.25, -0.2) is 9.97 Å². The number of aromatic nitrogens is 2. The standard InChI is InChI=1S/C15H25N5O/c1-3-7-13-18-12(16)10-14(19-13)17-11(2)15(21)20-8-5-4-6-9-20/h10-11H,3-9H2,1-2H3,(H3,16,17,18,19). The van der Waals surface area contributed by atoms with E-state index >= 15 is 0 Å². The smallest absolute Gasteiger partial charge is 0.244 e. The summed E-state index contributed by atoms with van der Waals surface area (Å²) < 4.78 is 0. The number of nitrogens with one attached hydrogen (secondary N) is 1. The number of hydrogen-bond acceptors (Lipinski definition) is 5. The molecule has 6 nitrogen and oxygen atoms in total. The lowest BCUT2D eigenvalue weighted by molar-refractivity contribution is -0.132. The SMILES string of the molecule is CCCc1nc(N)cc(NC(C)C(=O)N2CCCCC2)n1. The van der Waals surface area contributed by atoms with Crippen LogP contribution < -0.4 is 11.1 Å². The van der Waals surface area contributed by atoms with Crippen LogP contribution in [0, 0.1) is 0 Å². The Bertz CT molecular complexity index is 485. The van der Waals surface area contributed by atoms with Crippen molar-refractivity contribution in [2.75, 3.05) is 24.1 Å². The molecule has 1 unspecified atom stereocenters. The highest BCUT2D eigenvalue weighted by Crippen LogP contribution is 2.14. The van der Waals surface area contributed by atoms with Crippen LogP contribution in [0.3, 0.4) is 0 Å². The van der Waals surface area contributed by atoms with Crippen molar-refractivity contribution in [1.29, 1.82) is 0 Å². The molecule has 0 bridgehead atoms. The van der Waals surface area contributed by atoms with Crippen molar-refractivity contribution in [2.45, 2.75) is 52.0 Å². The summed E-state index contributed by atoms with van der Waals surface area (Å²) in [5.41, 5.74) is 5.80. The molecule has 0 aromatic carbocycles. The third-order valence-corrected chi connectivity index (χ3v) is 3.67. The lowest BCUT2D eigenvalue weighted by Crippen LogP contribution is -2.44. The van der Waals surface area contributed by atoms with E-state index in [1.807, 2.05) is 11.8 Å². The van der Waals surface area contributed by atoms with Crippen molar-refractivity contribution < 1.29 is 4.79 Å². The predicted octanol–water partition coefficient (Wildman–Crippen LogP) is 1.82. The van der Waals surface area contributed by atoms with E-state index in [4.69, 9.17) is 5.73 Å². The Kier molecular flexibility index (Phi) is 5.36. The van der Waals surface area contributed by atoms with Crippen LogP contribution in [0.1, 0.15) is 45.4 Å². The molecule has 21 heavy (non-hydrogen) atoms. The Balaban J connectivity index is 2.01. The summed E-state index contributed by atoms with van der Waals surface area (Å²) >= 11 is 0. The monoisotopic (exact) mass is 291 g/mol. The molecule has 0 spiro atoms. The minimum atomic E-state index is -0.299. The average molecular weight is 291 g/mol. The second-order valence-electron chi connectivity index (χ2n) is 5.60. The summed E-state index contributed by atoms with van der Waals surface area (Å²) in [7, 11) is 0. The first-order valence-corrected chi connectivity index (χ1v) is 7.79. The molecule has 1 amide bonds. The fraction of sp³-hybridized carbons (Fsp3) is 0.667. The molecule has 0 saturated carbocycles. The molecule has 1 atom stereocenters. The zero-order valence-electron chi connectivity index (χ0n) is 12.9. The Morgan fingerprint density at radius 2 is 2.10 bits per heavy atom. The maximum atomic E-state index is 12.4. The van der Waals surface area contributed by atoms with Gasteiger partial charge in [0.25, 0.3) is 0 Å². The van der Waals surface area contributed by atoms with Crippen molar-refractivity contribution in [3.63, 3.8) is 0 Å². The highest BCUT2D eigenvalue weighted by Gasteiger charge is 2.22. The van der Waals surface area contributed by atoms with Gasteiger partial charge in [0.05, 0.1) is 0 Å². The van der Waals surface area contributed by atoms with Gasteiger partial charge in [0.2, 0.25) is 5.91 Å². The topological polar surface area (TPSA) is 84.1 Å². The van der Waals surface area contributed by atoms with Crippen LogP contribution in [-0.4, -0.2) is 39.9 Å². The molecule has 2 heterocycles. The maximum Gasteiger partial charge on any atom is 0.244 e. The normalized spacial score (nSPS) is 16.6. The van der Waals surface area contributed by atoms with E-state index in [1.54, 1.807) is 6.07 Å². The molecule has 6 heteroatoms. The van der Waals surface area contributed by atoms with Gasteiger partial charge in [-0.15, -0.1) is 0 Å². The van der Waals surface area contributed by atoms with Crippen LogP contribution in [0.25, 0.3) is 0 Å². The molecule has 0 aliphatic carbocycles. The van der Waals surface area contributed by atoms with Gasteiger partial charge in [0.15, 0.2) is 0 Å². The molecule has 1 aliphatic heterocycles. The van der Waals surface area contributed by atoms with Crippen LogP contribution in [0.4, 0.5) is 11.6 Å². The average Bonchev–Trinajstić information content (AvgIpc) is 2.47. The molecule has 1 aromatic heterocycles. The van der Waals surface area contributed by atoms with E-state index in [-0.39, 0.29) is 11.9 Å².